The van der Waals surface area contributed by atoms with Gasteiger partial charge in [0.05, 0.1) is 11.7 Å². The largest absolute Gasteiger partial charge is 1.00 e. The van der Waals surface area contributed by atoms with Gasteiger partial charge in [-0.25, -0.2) is 17.9 Å². The maximum atomic E-state index is 14.3. The standard InChI is InChI=1S/C31H45N4O9PS.Li.H/c1-46(43,44)35-25(11-5-8-18-32)28(37)34-27(20-22-9-3-2-4-10-22)45(41,42)21-31(16-6-7-17-31)30(40)33-26(29(38)39)19-23-12-14-24(36)15-13-23;;/h2-4,9-10,12-15,25-27,35-36H,5-8,11,16-21,32H2,1H3,(H,33,40)(H,34,37)(H,38,39)(H,41,42);;/q;+1;-1/t25-,26+,27?;;/m1../s1. The van der Waals surface area contributed by atoms with Crippen LogP contribution in [0, 0.1) is 5.41 Å². The zero-order valence-corrected chi connectivity index (χ0v) is 28.6. The molecule has 0 bridgehead atoms. The van der Waals surface area contributed by atoms with E-state index in [1.165, 1.54) is 12.1 Å². The molecule has 256 valence electrons. The number of carbonyl (C=O) groups is 3. The summed E-state index contributed by atoms with van der Waals surface area (Å²) in [5.74, 6) is -4.07. The Hall–Kier alpha value is -2.69. The van der Waals surface area contributed by atoms with Crippen molar-refractivity contribution in [2.75, 3.05) is 19.0 Å². The van der Waals surface area contributed by atoms with E-state index in [2.05, 4.69) is 15.4 Å². The summed E-state index contributed by atoms with van der Waals surface area (Å²) >= 11 is 0. The van der Waals surface area contributed by atoms with Gasteiger partial charge in [0.25, 0.3) is 0 Å². The second kappa shape index (κ2) is 18.2. The summed E-state index contributed by atoms with van der Waals surface area (Å²) in [6, 6.07) is 12.1. The number of hydrogen-bond acceptors (Lipinski definition) is 8. The molecular formula is C31H46LiN4O9PS. The Morgan fingerprint density at radius 1 is 0.957 bits per heavy atom. The average Bonchev–Trinajstić information content (AvgIpc) is 3.46. The number of phenolic OH excluding ortho intramolecular Hbond substituents is 1. The Morgan fingerprint density at radius 3 is 2.11 bits per heavy atom. The van der Waals surface area contributed by atoms with Crippen LogP contribution in [-0.4, -0.2) is 78.1 Å². The van der Waals surface area contributed by atoms with Gasteiger partial charge < -0.3 is 32.9 Å². The molecule has 16 heteroatoms. The monoisotopic (exact) mass is 688 g/mol. The molecule has 3 rings (SSSR count). The molecule has 13 nitrogen and oxygen atoms in total. The summed E-state index contributed by atoms with van der Waals surface area (Å²) in [5.41, 5.74) is 5.40. The first-order chi connectivity index (χ1) is 21.6. The predicted octanol–water partition coefficient (Wildman–Crippen LogP) is -0.817. The molecule has 1 fully saturated rings. The van der Waals surface area contributed by atoms with Crippen molar-refractivity contribution in [3.63, 3.8) is 0 Å². The van der Waals surface area contributed by atoms with Crippen LogP contribution in [0.4, 0.5) is 0 Å². The summed E-state index contributed by atoms with van der Waals surface area (Å²) in [5, 5.41) is 24.6. The summed E-state index contributed by atoms with van der Waals surface area (Å²) in [6.07, 6.45) is 3.05. The minimum atomic E-state index is -4.42. The van der Waals surface area contributed by atoms with Crippen LogP contribution in [0.25, 0.3) is 0 Å². The van der Waals surface area contributed by atoms with Crippen LogP contribution in [0.15, 0.2) is 54.6 Å². The van der Waals surface area contributed by atoms with Gasteiger partial charge >= 0.3 is 24.8 Å². The summed E-state index contributed by atoms with van der Waals surface area (Å²) in [7, 11) is -8.22. The molecule has 1 aliphatic rings. The molecule has 0 aromatic heterocycles. The zero-order chi connectivity index (χ0) is 34.0. The maximum absolute atomic E-state index is 14.3. The van der Waals surface area contributed by atoms with Crippen molar-refractivity contribution in [3.8, 4) is 5.75 Å². The number of carboxylic acids is 1. The van der Waals surface area contributed by atoms with Gasteiger partial charge in [-0.1, -0.05) is 61.7 Å². The van der Waals surface area contributed by atoms with Gasteiger partial charge in [0.1, 0.15) is 23.6 Å². The number of phenols is 1. The minimum absolute atomic E-state index is 0. The van der Waals surface area contributed by atoms with E-state index >= 15 is 0 Å². The molecule has 0 aliphatic heterocycles. The van der Waals surface area contributed by atoms with Crippen molar-refractivity contribution in [2.24, 2.45) is 11.1 Å². The van der Waals surface area contributed by atoms with E-state index < -0.39 is 64.6 Å². The van der Waals surface area contributed by atoms with Crippen LogP contribution in [0.1, 0.15) is 57.5 Å². The molecule has 0 saturated heterocycles. The number of unbranched alkanes of at least 4 members (excludes halogenated alkanes) is 1. The van der Waals surface area contributed by atoms with Gasteiger partial charge in [0, 0.05) is 19.0 Å². The van der Waals surface area contributed by atoms with Crippen molar-refractivity contribution in [1.82, 2.24) is 15.4 Å². The van der Waals surface area contributed by atoms with Gasteiger partial charge in [-0.15, -0.1) is 0 Å². The van der Waals surface area contributed by atoms with Crippen molar-refractivity contribution in [3.05, 3.63) is 65.7 Å². The molecule has 47 heavy (non-hydrogen) atoms. The van der Waals surface area contributed by atoms with E-state index in [0.29, 0.717) is 43.4 Å². The fourth-order valence-corrected chi connectivity index (χ4v) is 8.94. The third kappa shape index (κ3) is 12.7. The number of benzene rings is 2. The van der Waals surface area contributed by atoms with Crippen LogP contribution in [-0.2, 0) is 41.8 Å². The normalized spacial score (nSPS) is 17.3. The Labute approximate surface area is 289 Å². The summed E-state index contributed by atoms with van der Waals surface area (Å²) in [4.78, 5) is 51.1. The van der Waals surface area contributed by atoms with Gasteiger partial charge in [-0.2, -0.15) is 0 Å². The maximum Gasteiger partial charge on any atom is 1.00 e. The number of rotatable bonds is 18. The Balaban J connectivity index is 0.00000576. The van der Waals surface area contributed by atoms with Crippen molar-refractivity contribution in [2.45, 2.75) is 75.7 Å². The number of sulfonamides is 1. The van der Waals surface area contributed by atoms with Crippen LogP contribution in [0.5, 0.6) is 5.75 Å². The number of carboxylic acid groups (broad SMARTS) is 1. The van der Waals surface area contributed by atoms with Crippen LogP contribution in [0.2, 0.25) is 0 Å². The van der Waals surface area contributed by atoms with E-state index in [4.69, 9.17) is 5.73 Å². The Kier molecular flexibility index (Phi) is 15.7. The van der Waals surface area contributed by atoms with E-state index in [0.717, 1.165) is 6.26 Å². The number of nitrogens with two attached hydrogens (primary N) is 1. The summed E-state index contributed by atoms with van der Waals surface area (Å²) in [6.45, 7) is 0.345. The predicted molar refractivity (Wildman–Crippen MR) is 175 cm³/mol. The first-order valence-electron chi connectivity index (χ1n) is 15.3. The number of aromatic hydroxyl groups is 1. The second-order valence-electron chi connectivity index (χ2n) is 12.1. The number of aliphatic carboxylic acids is 1. The van der Waals surface area contributed by atoms with Gasteiger partial charge in [-0.05, 0) is 55.5 Å². The minimum Gasteiger partial charge on any atom is -1.00 e. The Bertz CT molecular complexity index is 1500. The van der Waals surface area contributed by atoms with Gasteiger partial charge in [0.2, 0.25) is 29.2 Å². The molecule has 0 spiro atoms. The molecule has 0 radical (unpaired) electrons. The van der Waals surface area contributed by atoms with E-state index in [9.17, 15) is 42.5 Å². The third-order valence-electron chi connectivity index (χ3n) is 8.24. The Morgan fingerprint density at radius 2 is 1.55 bits per heavy atom. The van der Waals surface area contributed by atoms with Crippen molar-refractivity contribution in [1.29, 1.82) is 0 Å². The molecule has 0 heterocycles. The van der Waals surface area contributed by atoms with Crippen LogP contribution < -0.4 is 39.9 Å². The van der Waals surface area contributed by atoms with Crippen LogP contribution in [0.3, 0.4) is 0 Å². The zero-order valence-electron chi connectivity index (χ0n) is 27.9. The molecule has 2 aromatic rings. The molecule has 2 amide bonds. The number of carbonyl (C=O) groups excluding carboxylic acids is 2. The van der Waals surface area contributed by atoms with Crippen molar-refractivity contribution >= 4 is 35.2 Å². The average molecular weight is 689 g/mol. The molecule has 2 unspecified atom stereocenters. The number of amides is 2. The fourth-order valence-electron chi connectivity index (χ4n) is 5.82. The van der Waals surface area contributed by atoms with Gasteiger partial charge in [-0.3, -0.25) is 14.2 Å². The van der Waals surface area contributed by atoms with E-state index in [-0.39, 0.29) is 58.1 Å². The fraction of sp³-hybridized carbons (Fsp3) is 0.516. The van der Waals surface area contributed by atoms with E-state index in [1.807, 2.05) is 0 Å². The molecule has 4 atom stereocenters. The van der Waals surface area contributed by atoms with Crippen LogP contribution >= 0.6 is 7.37 Å². The van der Waals surface area contributed by atoms with E-state index in [1.54, 1.807) is 42.5 Å². The topological polar surface area (TPSA) is 225 Å². The smallest absolute Gasteiger partial charge is 1.00 e. The summed E-state index contributed by atoms with van der Waals surface area (Å²) < 4.78 is 40.7. The third-order valence-corrected chi connectivity index (χ3v) is 11.3. The number of nitrogens with one attached hydrogen (secondary N) is 3. The molecule has 2 aromatic carbocycles. The molecule has 1 aliphatic carbocycles. The first kappa shape index (κ1) is 40.5. The second-order valence-corrected chi connectivity index (χ2v) is 16.3. The number of hydrogen-bond donors (Lipinski definition) is 7. The van der Waals surface area contributed by atoms with Gasteiger partial charge in [0.15, 0.2) is 0 Å². The SMILES string of the molecule is CS(=O)(=O)N[C@H](CCCCN)C(=O)NC(Cc1ccccc1)P(=O)(O)CC1(C(=O)N[C@@H](Cc2ccc(O)cc2)C(=O)O)CCCC1.[H-].[Li+]. The quantitative estimate of drug-likeness (QED) is 0.0586. The first-order valence-corrected chi connectivity index (χ1v) is 19.1. The molecule has 8 N–H and O–H groups in total. The van der Waals surface area contributed by atoms with Crippen molar-refractivity contribution < 1.29 is 62.8 Å². The molecular weight excluding hydrogens is 642 g/mol. The molecule has 1 saturated carbocycles.